The molecule has 1 fully saturated rings. The van der Waals surface area contributed by atoms with Crippen molar-refractivity contribution in [2.75, 3.05) is 62.0 Å². The van der Waals surface area contributed by atoms with Gasteiger partial charge in [-0.25, -0.2) is 4.39 Å². The van der Waals surface area contributed by atoms with Crippen LogP contribution in [0.5, 0.6) is 0 Å². The van der Waals surface area contributed by atoms with Gasteiger partial charge in [-0.3, -0.25) is 4.79 Å². The number of ether oxygens (including phenoxy) is 2. The Kier molecular flexibility index (Phi) is 13.4. The van der Waals surface area contributed by atoms with E-state index in [1.54, 1.807) is 18.2 Å². The molecule has 2 aromatic carbocycles. The highest BCUT2D eigenvalue weighted by molar-refractivity contribution is 5.94. The second-order valence-corrected chi connectivity index (χ2v) is 10.5. The number of nitrogens with two attached hydrogens (primary N) is 1. The van der Waals surface area contributed by atoms with Crippen molar-refractivity contribution >= 4 is 23.8 Å². The van der Waals surface area contributed by atoms with E-state index in [-0.39, 0.29) is 11.7 Å². The van der Waals surface area contributed by atoms with Crippen LogP contribution >= 0.6 is 0 Å². The fraction of sp³-hybridized carbons (Fsp3) is 0.484. The molecule has 0 aliphatic heterocycles. The van der Waals surface area contributed by atoms with E-state index in [0.717, 1.165) is 17.7 Å². The minimum Gasteiger partial charge on any atom is -0.378 e. The highest BCUT2D eigenvalue weighted by Crippen LogP contribution is 2.24. The number of anilines is 3. The van der Waals surface area contributed by atoms with Crippen molar-refractivity contribution in [2.45, 2.75) is 45.2 Å². The Morgan fingerprint density at radius 1 is 0.814 bits per heavy atom. The largest absolute Gasteiger partial charge is 0.378 e. The van der Waals surface area contributed by atoms with Crippen molar-refractivity contribution in [1.29, 1.82) is 0 Å². The predicted octanol–water partition coefficient (Wildman–Crippen LogP) is 3.95. The Morgan fingerprint density at radius 3 is 2.14 bits per heavy atom. The van der Waals surface area contributed by atoms with E-state index in [9.17, 15) is 9.18 Å². The number of nitrogens with zero attached hydrogens (tertiary/aromatic N) is 3. The molecule has 43 heavy (non-hydrogen) atoms. The quantitative estimate of drug-likeness (QED) is 0.137. The van der Waals surface area contributed by atoms with Gasteiger partial charge >= 0.3 is 0 Å². The standard InChI is InChI=1S/C31H43FN8O3/c32-27-8-4-7-25(19-27)22-37-31-39-29(35-20-23-5-2-1-3-6-23)38-30(40-31)36-21-24-9-11-26(12-10-24)28(41)34-14-16-43-18-17-42-15-13-33/h4,7-12,19,23H,1-3,5-6,13-18,20-22,33H2,(H,34,41)(H3,35,36,37,38,39,40). The summed E-state index contributed by atoms with van der Waals surface area (Å²) >= 11 is 0. The van der Waals surface area contributed by atoms with E-state index in [2.05, 4.69) is 36.2 Å². The number of amides is 1. The van der Waals surface area contributed by atoms with Crippen molar-refractivity contribution < 1.29 is 18.7 Å². The van der Waals surface area contributed by atoms with E-state index in [4.69, 9.17) is 15.2 Å². The van der Waals surface area contributed by atoms with Gasteiger partial charge in [0.1, 0.15) is 5.82 Å². The van der Waals surface area contributed by atoms with Crippen LogP contribution < -0.4 is 27.0 Å². The van der Waals surface area contributed by atoms with Gasteiger partial charge < -0.3 is 36.5 Å². The first kappa shape index (κ1) is 32.1. The van der Waals surface area contributed by atoms with E-state index >= 15 is 0 Å². The predicted molar refractivity (Wildman–Crippen MR) is 165 cm³/mol. The third-order valence-electron chi connectivity index (χ3n) is 7.08. The molecule has 0 bridgehead atoms. The highest BCUT2D eigenvalue weighted by atomic mass is 19.1. The van der Waals surface area contributed by atoms with Crippen molar-refractivity contribution in [1.82, 2.24) is 20.3 Å². The second kappa shape index (κ2) is 17.9. The van der Waals surface area contributed by atoms with Gasteiger partial charge in [-0.1, -0.05) is 43.5 Å². The lowest BCUT2D eigenvalue weighted by Gasteiger charge is -2.21. The van der Waals surface area contributed by atoms with Gasteiger partial charge in [0, 0.05) is 38.3 Å². The first-order chi connectivity index (χ1) is 21.1. The molecule has 0 atom stereocenters. The summed E-state index contributed by atoms with van der Waals surface area (Å²) in [5.74, 6) is 1.46. The van der Waals surface area contributed by atoms with E-state index < -0.39 is 0 Å². The summed E-state index contributed by atoms with van der Waals surface area (Å²) in [6.45, 7) is 4.39. The number of nitrogens with one attached hydrogen (secondary N) is 4. The van der Waals surface area contributed by atoms with Gasteiger partial charge in [-0.15, -0.1) is 0 Å². The molecule has 232 valence electrons. The molecule has 1 saturated carbocycles. The van der Waals surface area contributed by atoms with Crippen LogP contribution in [-0.2, 0) is 22.6 Å². The SMILES string of the molecule is NCCOCCOCCNC(=O)c1ccc(CNc2nc(NCc3cccc(F)c3)nc(NCC3CCCCC3)n2)cc1. The first-order valence-corrected chi connectivity index (χ1v) is 15.0. The molecule has 1 amide bonds. The van der Waals surface area contributed by atoms with Crippen LogP contribution in [0.25, 0.3) is 0 Å². The zero-order valence-corrected chi connectivity index (χ0v) is 24.6. The summed E-state index contributed by atoms with van der Waals surface area (Å²) in [6, 6.07) is 13.8. The summed E-state index contributed by atoms with van der Waals surface area (Å²) in [4.78, 5) is 26.1. The lowest BCUT2D eigenvalue weighted by atomic mass is 9.89. The molecule has 1 heterocycles. The third kappa shape index (κ3) is 11.7. The molecule has 6 N–H and O–H groups in total. The molecule has 12 heteroatoms. The maximum Gasteiger partial charge on any atom is 0.251 e. The number of halogens is 1. The fourth-order valence-electron chi connectivity index (χ4n) is 4.77. The minimum atomic E-state index is -0.287. The molecule has 0 radical (unpaired) electrons. The summed E-state index contributed by atoms with van der Waals surface area (Å²) in [6.07, 6.45) is 6.24. The van der Waals surface area contributed by atoms with E-state index in [1.165, 1.54) is 44.2 Å². The van der Waals surface area contributed by atoms with Crippen LogP contribution in [0, 0.1) is 11.7 Å². The van der Waals surface area contributed by atoms with E-state index in [1.807, 2.05) is 18.2 Å². The van der Waals surface area contributed by atoms with Gasteiger partial charge in [0.2, 0.25) is 17.8 Å². The maximum atomic E-state index is 13.6. The molecular formula is C31H43FN8O3. The topological polar surface area (TPSA) is 148 Å². The van der Waals surface area contributed by atoms with Crippen molar-refractivity contribution in [3.8, 4) is 0 Å². The minimum absolute atomic E-state index is 0.164. The molecule has 0 saturated heterocycles. The van der Waals surface area contributed by atoms with Crippen LogP contribution in [-0.4, -0.2) is 66.9 Å². The average Bonchev–Trinajstić information content (AvgIpc) is 3.04. The molecule has 3 aromatic rings. The normalized spacial score (nSPS) is 13.4. The van der Waals surface area contributed by atoms with Crippen LogP contribution in [0.1, 0.15) is 53.6 Å². The lowest BCUT2D eigenvalue weighted by Crippen LogP contribution is -2.27. The van der Waals surface area contributed by atoms with E-state index in [0.29, 0.717) is 81.9 Å². The van der Waals surface area contributed by atoms with Gasteiger partial charge in [0.05, 0.1) is 26.4 Å². The molecule has 0 unspecified atom stereocenters. The summed E-state index contributed by atoms with van der Waals surface area (Å²) < 4.78 is 24.3. The average molecular weight is 595 g/mol. The number of rotatable bonds is 18. The van der Waals surface area contributed by atoms with Crippen LogP contribution in [0.3, 0.4) is 0 Å². The van der Waals surface area contributed by atoms with Crippen molar-refractivity contribution in [3.63, 3.8) is 0 Å². The molecule has 1 aromatic heterocycles. The smallest absolute Gasteiger partial charge is 0.251 e. The fourth-order valence-corrected chi connectivity index (χ4v) is 4.77. The zero-order chi connectivity index (χ0) is 30.1. The number of carbonyl (C=O) groups excluding carboxylic acids is 1. The Balaban J connectivity index is 1.29. The van der Waals surface area contributed by atoms with Crippen molar-refractivity contribution in [2.24, 2.45) is 11.7 Å². The van der Waals surface area contributed by atoms with Gasteiger partial charge in [-0.2, -0.15) is 15.0 Å². The molecule has 11 nitrogen and oxygen atoms in total. The molecule has 1 aliphatic carbocycles. The van der Waals surface area contributed by atoms with Crippen LogP contribution in [0.4, 0.5) is 22.2 Å². The third-order valence-corrected chi connectivity index (χ3v) is 7.08. The van der Waals surface area contributed by atoms with Gasteiger partial charge in [-0.05, 0) is 54.2 Å². The molecule has 4 rings (SSSR count). The Morgan fingerprint density at radius 2 is 1.47 bits per heavy atom. The lowest BCUT2D eigenvalue weighted by molar-refractivity contribution is 0.0511. The van der Waals surface area contributed by atoms with Crippen molar-refractivity contribution in [3.05, 3.63) is 71.0 Å². The zero-order valence-electron chi connectivity index (χ0n) is 24.6. The second-order valence-electron chi connectivity index (χ2n) is 10.5. The van der Waals surface area contributed by atoms with Crippen LogP contribution in [0.2, 0.25) is 0 Å². The number of hydrogen-bond donors (Lipinski definition) is 5. The first-order valence-electron chi connectivity index (χ1n) is 15.0. The molecule has 1 aliphatic rings. The van der Waals surface area contributed by atoms with Gasteiger partial charge in [0.25, 0.3) is 5.91 Å². The number of aromatic nitrogens is 3. The Labute approximate surface area is 252 Å². The number of hydrogen-bond acceptors (Lipinski definition) is 10. The highest BCUT2D eigenvalue weighted by Gasteiger charge is 2.15. The summed E-state index contributed by atoms with van der Waals surface area (Å²) in [7, 11) is 0. The maximum absolute atomic E-state index is 13.6. The molecule has 0 spiro atoms. The molecular weight excluding hydrogens is 551 g/mol. The Hall–Kier alpha value is -3.87. The summed E-state index contributed by atoms with van der Waals surface area (Å²) in [5, 5.41) is 12.7. The number of carbonyl (C=O) groups is 1. The summed E-state index contributed by atoms with van der Waals surface area (Å²) in [5.41, 5.74) is 7.68. The Bertz CT molecular complexity index is 1260. The van der Waals surface area contributed by atoms with Crippen LogP contribution in [0.15, 0.2) is 48.5 Å². The van der Waals surface area contributed by atoms with Gasteiger partial charge in [0.15, 0.2) is 0 Å². The number of benzene rings is 2. The monoisotopic (exact) mass is 594 g/mol.